The maximum Gasteiger partial charge on any atom is 0.269 e. The van der Waals surface area contributed by atoms with Gasteiger partial charge in [-0.3, -0.25) is 9.59 Å². The van der Waals surface area contributed by atoms with Crippen molar-refractivity contribution in [2.45, 2.75) is 39.3 Å². The third kappa shape index (κ3) is 4.56. The second kappa shape index (κ2) is 9.29. The predicted octanol–water partition coefficient (Wildman–Crippen LogP) is 5.34. The molecule has 0 fully saturated rings. The van der Waals surface area contributed by atoms with Crippen molar-refractivity contribution >= 4 is 35.2 Å². The molecule has 0 amide bonds. The van der Waals surface area contributed by atoms with Gasteiger partial charge in [0.2, 0.25) is 0 Å². The molecule has 0 unspecified atom stereocenters. The van der Waals surface area contributed by atoms with Crippen LogP contribution in [-0.4, -0.2) is 17.4 Å². The highest BCUT2D eigenvalue weighted by Gasteiger charge is 2.22. The van der Waals surface area contributed by atoms with Crippen LogP contribution in [0.5, 0.6) is 0 Å². The van der Waals surface area contributed by atoms with Crippen molar-refractivity contribution in [1.29, 1.82) is 0 Å². The molecule has 4 rings (SSSR count). The number of hydrogen-bond acceptors (Lipinski definition) is 3. The van der Waals surface area contributed by atoms with Crippen molar-refractivity contribution in [3.8, 4) is 0 Å². The molecular formula is C25H24Cl2N2O2. The van der Waals surface area contributed by atoms with E-state index in [-0.39, 0.29) is 10.6 Å². The summed E-state index contributed by atoms with van der Waals surface area (Å²) in [5, 5.41) is 0.626. The number of benzene rings is 2. The molecular weight excluding hydrogens is 431 g/mol. The molecule has 2 aromatic carbocycles. The minimum atomic E-state index is -0.229. The van der Waals surface area contributed by atoms with E-state index in [1.807, 2.05) is 12.1 Å². The van der Waals surface area contributed by atoms with E-state index < -0.39 is 0 Å². The largest absolute Gasteiger partial charge is 0.365 e. The minimum Gasteiger partial charge on any atom is -0.365 e. The fraction of sp³-hybridized carbons (Fsp3) is 0.280. The molecule has 0 spiro atoms. The van der Waals surface area contributed by atoms with Gasteiger partial charge < -0.3 is 9.47 Å². The van der Waals surface area contributed by atoms with Crippen LogP contribution in [0.25, 0.3) is 0 Å². The van der Waals surface area contributed by atoms with Gasteiger partial charge in [0.05, 0.1) is 17.3 Å². The number of carbonyl (C=O) groups is 1. The molecule has 0 N–H and O–H groups in total. The van der Waals surface area contributed by atoms with E-state index in [0.29, 0.717) is 30.1 Å². The number of aldehydes is 1. The fourth-order valence-corrected chi connectivity index (χ4v) is 4.63. The van der Waals surface area contributed by atoms with E-state index in [1.165, 1.54) is 16.8 Å². The number of pyridine rings is 1. The van der Waals surface area contributed by atoms with Crippen LogP contribution in [0.4, 0.5) is 5.69 Å². The van der Waals surface area contributed by atoms with E-state index in [1.54, 1.807) is 22.8 Å². The maximum absolute atomic E-state index is 12.9. The van der Waals surface area contributed by atoms with Crippen LogP contribution in [0, 0.1) is 0 Å². The zero-order valence-corrected chi connectivity index (χ0v) is 18.9. The van der Waals surface area contributed by atoms with Gasteiger partial charge in [-0.15, -0.1) is 0 Å². The standard InChI is InChI=1S/C25H24Cl2N2O2/c1-2-17-7-8-20-10-11-28(23(20)13-17)15-24-21(26)14-22(27)25(31)29(24)12-9-18-3-5-19(16-30)6-4-18/h3-8,13-14,16H,2,9-12,15H2,1H3. The van der Waals surface area contributed by atoms with Crippen LogP contribution in [0.3, 0.4) is 0 Å². The lowest BCUT2D eigenvalue weighted by Crippen LogP contribution is -2.30. The first kappa shape index (κ1) is 21.7. The first-order valence-electron chi connectivity index (χ1n) is 10.5. The Morgan fingerprint density at radius 1 is 1.00 bits per heavy atom. The minimum absolute atomic E-state index is 0.125. The summed E-state index contributed by atoms with van der Waals surface area (Å²) in [6, 6.07) is 15.6. The molecule has 0 bridgehead atoms. The Morgan fingerprint density at radius 2 is 1.74 bits per heavy atom. The second-order valence-corrected chi connectivity index (χ2v) is 8.66. The molecule has 1 aliphatic rings. The molecule has 160 valence electrons. The van der Waals surface area contributed by atoms with Crippen LogP contribution in [0.1, 0.15) is 39.7 Å². The van der Waals surface area contributed by atoms with E-state index >= 15 is 0 Å². The molecule has 2 heterocycles. The molecule has 31 heavy (non-hydrogen) atoms. The highest BCUT2D eigenvalue weighted by Crippen LogP contribution is 2.32. The molecule has 0 atom stereocenters. The molecule has 6 heteroatoms. The Labute approximate surface area is 192 Å². The molecule has 1 aliphatic heterocycles. The summed E-state index contributed by atoms with van der Waals surface area (Å²) in [4.78, 5) is 26.1. The smallest absolute Gasteiger partial charge is 0.269 e. The van der Waals surface area contributed by atoms with Gasteiger partial charge in [0.1, 0.15) is 11.3 Å². The summed E-state index contributed by atoms with van der Waals surface area (Å²) in [5.41, 5.74) is 6.05. The topological polar surface area (TPSA) is 42.3 Å². The summed E-state index contributed by atoms with van der Waals surface area (Å²) in [6.45, 7) is 4.05. The first-order valence-corrected chi connectivity index (χ1v) is 11.2. The van der Waals surface area contributed by atoms with Gasteiger partial charge in [0.25, 0.3) is 5.56 Å². The fourth-order valence-electron chi connectivity index (χ4n) is 4.09. The SMILES string of the molecule is CCc1ccc2c(c1)N(Cc1c(Cl)cc(Cl)c(=O)n1CCc1ccc(C=O)cc1)CC2. The number of anilines is 1. The van der Waals surface area contributed by atoms with Crippen LogP contribution in [0.2, 0.25) is 10.0 Å². The first-order chi connectivity index (χ1) is 15.0. The average Bonchev–Trinajstić information content (AvgIpc) is 3.19. The third-order valence-corrected chi connectivity index (χ3v) is 6.53. The zero-order chi connectivity index (χ0) is 22.0. The van der Waals surface area contributed by atoms with Crippen LogP contribution in [0.15, 0.2) is 53.3 Å². The number of nitrogens with zero attached hydrogens (tertiary/aromatic N) is 2. The normalized spacial score (nSPS) is 12.8. The van der Waals surface area contributed by atoms with Crippen molar-refractivity contribution in [1.82, 2.24) is 4.57 Å². The Balaban J connectivity index is 1.63. The number of aryl methyl sites for hydroxylation is 2. The summed E-state index contributed by atoms with van der Waals surface area (Å²) >= 11 is 12.8. The molecule has 0 radical (unpaired) electrons. The number of fused-ring (bicyclic) bond motifs is 1. The summed E-state index contributed by atoms with van der Waals surface area (Å²) < 4.78 is 1.69. The van der Waals surface area contributed by atoms with Crippen LogP contribution < -0.4 is 10.5 Å². The lowest BCUT2D eigenvalue weighted by molar-refractivity contribution is 0.112. The second-order valence-electron chi connectivity index (χ2n) is 7.84. The van der Waals surface area contributed by atoms with Crippen molar-refractivity contribution in [3.63, 3.8) is 0 Å². The highest BCUT2D eigenvalue weighted by atomic mass is 35.5. The molecule has 0 saturated carbocycles. The summed E-state index contributed by atoms with van der Waals surface area (Å²) in [7, 11) is 0. The Kier molecular flexibility index (Phi) is 6.49. The van der Waals surface area contributed by atoms with Gasteiger partial charge in [0, 0.05) is 24.3 Å². The van der Waals surface area contributed by atoms with Crippen LogP contribution in [-0.2, 0) is 32.4 Å². The number of rotatable bonds is 7. The Bertz CT molecular complexity index is 1170. The summed E-state index contributed by atoms with van der Waals surface area (Å²) in [5.74, 6) is 0. The van der Waals surface area contributed by atoms with E-state index in [9.17, 15) is 9.59 Å². The molecule has 0 saturated heterocycles. The maximum atomic E-state index is 12.9. The number of hydrogen-bond donors (Lipinski definition) is 0. The van der Waals surface area contributed by atoms with Crippen LogP contribution >= 0.6 is 23.2 Å². The third-order valence-electron chi connectivity index (χ3n) is 5.93. The Morgan fingerprint density at radius 3 is 2.45 bits per heavy atom. The average molecular weight is 455 g/mol. The van der Waals surface area contributed by atoms with E-state index in [0.717, 1.165) is 36.9 Å². The van der Waals surface area contributed by atoms with Crippen molar-refractivity contribution in [3.05, 3.63) is 96.9 Å². The lowest BCUT2D eigenvalue weighted by atomic mass is 10.1. The zero-order valence-electron chi connectivity index (χ0n) is 17.4. The van der Waals surface area contributed by atoms with Crippen molar-refractivity contribution in [2.24, 2.45) is 0 Å². The number of aromatic nitrogens is 1. The van der Waals surface area contributed by atoms with Gasteiger partial charge in [-0.1, -0.05) is 66.5 Å². The molecule has 4 nitrogen and oxygen atoms in total. The molecule has 3 aromatic rings. The number of carbonyl (C=O) groups excluding carboxylic acids is 1. The van der Waals surface area contributed by atoms with Gasteiger partial charge in [-0.2, -0.15) is 0 Å². The van der Waals surface area contributed by atoms with E-state index in [4.69, 9.17) is 23.2 Å². The van der Waals surface area contributed by atoms with Crippen molar-refractivity contribution in [2.75, 3.05) is 11.4 Å². The molecule has 1 aromatic heterocycles. The van der Waals surface area contributed by atoms with E-state index in [2.05, 4.69) is 30.0 Å². The van der Waals surface area contributed by atoms with Crippen molar-refractivity contribution < 1.29 is 4.79 Å². The highest BCUT2D eigenvalue weighted by molar-refractivity contribution is 6.34. The summed E-state index contributed by atoms with van der Waals surface area (Å²) in [6.07, 6.45) is 3.43. The quantitative estimate of drug-likeness (QED) is 0.452. The predicted molar refractivity (Wildman–Crippen MR) is 127 cm³/mol. The van der Waals surface area contributed by atoms with Gasteiger partial charge in [-0.05, 0) is 48.1 Å². The van der Waals surface area contributed by atoms with Gasteiger partial charge in [0.15, 0.2) is 0 Å². The molecule has 0 aliphatic carbocycles. The number of halogens is 2. The van der Waals surface area contributed by atoms with Gasteiger partial charge in [-0.25, -0.2) is 0 Å². The monoisotopic (exact) mass is 454 g/mol. The Hall–Kier alpha value is -2.56. The van der Waals surface area contributed by atoms with Gasteiger partial charge >= 0.3 is 0 Å². The lowest BCUT2D eigenvalue weighted by Gasteiger charge is -2.24.